The van der Waals surface area contributed by atoms with Gasteiger partial charge in [-0.1, -0.05) is 23.8 Å². The van der Waals surface area contributed by atoms with E-state index < -0.39 is 5.82 Å². The number of hydrogen-bond acceptors (Lipinski definition) is 4. The van der Waals surface area contributed by atoms with Gasteiger partial charge in [0.15, 0.2) is 0 Å². The highest BCUT2D eigenvalue weighted by Crippen LogP contribution is 2.29. The number of halogens is 1. The van der Waals surface area contributed by atoms with Gasteiger partial charge in [-0.25, -0.2) is 9.37 Å². The lowest BCUT2D eigenvalue weighted by Crippen LogP contribution is -2.47. The van der Waals surface area contributed by atoms with E-state index in [2.05, 4.69) is 16.9 Å². The number of pyridine rings is 2. The summed E-state index contributed by atoms with van der Waals surface area (Å²) in [6, 6.07) is 12.8. The standard InChI is InChI=1S/C25H26FN3O2/c1-17-5-9-22(20-4-3-11-27-13-20)23(12-17)25(30)29-15-19(7-6-18(29)2)16-31-24-10-8-21(26)14-28-24/h3-5,8-14,18-19H,6-7,15-16H2,1-2H3/t18-,19-/m1/s1. The summed E-state index contributed by atoms with van der Waals surface area (Å²) in [6.07, 6.45) is 6.53. The average molecular weight is 420 g/mol. The van der Waals surface area contributed by atoms with Gasteiger partial charge in [-0.2, -0.15) is 0 Å². The second-order valence-corrected chi connectivity index (χ2v) is 8.17. The molecule has 0 N–H and O–H groups in total. The van der Waals surface area contributed by atoms with E-state index in [1.807, 2.05) is 42.2 Å². The maximum atomic E-state index is 13.6. The minimum atomic E-state index is -0.391. The summed E-state index contributed by atoms with van der Waals surface area (Å²) >= 11 is 0. The molecule has 3 heterocycles. The van der Waals surface area contributed by atoms with E-state index >= 15 is 0 Å². The van der Waals surface area contributed by atoms with Gasteiger partial charge in [0.1, 0.15) is 5.82 Å². The van der Waals surface area contributed by atoms with Crippen LogP contribution in [0.3, 0.4) is 0 Å². The van der Waals surface area contributed by atoms with Gasteiger partial charge in [0.05, 0.1) is 12.8 Å². The van der Waals surface area contributed by atoms with Gasteiger partial charge in [0.25, 0.3) is 5.91 Å². The minimum absolute atomic E-state index is 0.0275. The van der Waals surface area contributed by atoms with Crippen molar-refractivity contribution < 1.29 is 13.9 Å². The Balaban J connectivity index is 1.52. The predicted octanol–water partition coefficient (Wildman–Crippen LogP) is 4.91. The van der Waals surface area contributed by atoms with Crippen LogP contribution in [0.25, 0.3) is 11.1 Å². The lowest BCUT2D eigenvalue weighted by molar-refractivity contribution is 0.0503. The van der Waals surface area contributed by atoms with E-state index in [1.165, 1.54) is 12.1 Å². The Hall–Kier alpha value is -3.28. The molecule has 3 aromatic rings. The van der Waals surface area contributed by atoms with E-state index in [0.29, 0.717) is 24.6 Å². The zero-order chi connectivity index (χ0) is 21.8. The number of rotatable bonds is 5. The van der Waals surface area contributed by atoms with E-state index in [9.17, 15) is 9.18 Å². The third-order valence-corrected chi connectivity index (χ3v) is 5.79. The molecule has 1 fully saturated rings. The molecular weight excluding hydrogens is 393 g/mol. The van der Waals surface area contributed by atoms with Crippen LogP contribution in [0.2, 0.25) is 0 Å². The van der Waals surface area contributed by atoms with Crippen molar-refractivity contribution in [3.8, 4) is 17.0 Å². The highest BCUT2D eigenvalue weighted by molar-refractivity contribution is 6.01. The Labute approximate surface area is 181 Å². The number of aromatic nitrogens is 2. The quantitative estimate of drug-likeness (QED) is 0.590. The maximum Gasteiger partial charge on any atom is 0.254 e. The maximum absolute atomic E-state index is 13.6. The summed E-state index contributed by atoms with van der Waals surface area (Å²) in [5.41, 5.74) is 3.56. The van der Waals surface area contributed by atoms with Crippen LogP contribution in [0.4, 0.5) is 4.39 Å². The molecule has 1 saturated heterocycles. The van der Waals surface area contributed by atoms with Crippen molar-refractivity contribution >= 4 is 5.91 Å². The SMILES string of the molecule is Cc1ccc(-c2cccnc2)c(C(=O)N2C[C@H](COc3ccc(F)cn3)CC[C@H]2C)c1. The Morgan fingerprint density at radius 2 is 2.06 bits per heavy atom. The number of carbonyl (C=O) groups is 1. The molecule has 0 saturated carbocycles. The molecule has 1 aliphatic rings. The highest BCUT2D eigenvalue weighted by Gasteiger charge is 2.31. The van der Waals surface area contributed by atoms with Crippen LogP contribution in [0.1, 0.15) is 35.7 Å². The third-order valence-electron chi connectivity index (χ3n) is 5.79. The molecule has 160 valence electrons. The summed E-state index contributed by atoms with van der Waals surface area (Å²) < 4.78 is 18.8. The Morgan fingerprint density at radius 3 is 2.81 bits per heavy atom. The summed E-state index contributed by atoms with van der Waals surface area (Å²) in [5.74, 6) is 0.229. The second-order valence-electron chi connectivity index (χ2n) is 8.17. The minimum Gasteiger partial charge on any atom is -0.477 e. The second kappa shape index (κ2) is 9.25. The van der Waals surface area contributed by atoms with E-state index in [4.69, 9.17) is 4.74 Å². The number of piperidine rings is 1. The summed E-state index contributed by atoms with van der Waals surface area (Å²) in [4.78, 5) is 23.7. The number of amides is 1. The molecule has 0 spiro atoms. The normalized spacial score (nSPS) is 18.6. The molecule has 1 aromatic carbocycles. The topological polar surface area (TPSA) is 55.3 Å². The van der Waals surface area contributed by atoms with E-state index in [-0.39, 0.29) is 17.9 Å². The summed E-state index contributed by atoms with van der Waals surface area (Å²) in [7, 11) is 0. The van der Waals surface area contributed by atoms with Crippen molar-refractivity contribution in [2.75, 3.05) is 13.2 Å². The molecule has 4 rings (SSSR count). The summed E-state index contributed by atoms with van der Waals surface area (Å²) in [6.45, 7) is 5.14. The number of ether oxygens (including phenoxy) is 1. The molecule has 31 heavy (non-hydrogen) atoms. The fraction of sp³-hybridized carbons (Fsp3) is 0.320. The number of nitrogens with zero attached hydrogens (tertiary/aromatic N) is 3. The van der Waals surface area contributed by atoms with Crippen LogP contribution in [0, 0.1) is 18.7 Å². The fourth-order valence-corrected chi connectivity index (χ4v) is 4.02. The number of aryl methyl sites for hydroxylation is 1. The first-order valence-corrected chi connectivity index (χ1v) is 10.6. The highest BCUT2D eigenvalue weighted by atomic mass is 19.1. The average Bonchev–Trinajstić information content (AvgIpc) is 2.79. The first-order chi connectivity index (χ1) is 15.0. The van der Waals surface area contributed by atoms with Gasteiger partial charge in [-0.05, 0) is 50.5 Å². The zero-order valence-electron chi connectivity index (χ0n) is 17.8. The molecule has 2 aromatic heterocycles. The lowest BCUT2D eigenvalue weighted by atomic mass is 9.91. The van der Waals surface area contributed by atoms with E-state index in [0.717, 1.165) is 35.7 Å². The zero-order valence-corrected chi connectivity index (χ0v) is 17.8. The van der Waals surface area contributed by atoms with Crippen LogP contribution < -0.4 is 4.74 Å². The summed E-state index contributed by atoms with van der Waals surface area (Å²) in [5, 5.41) is 0. The molecule has 0 unspecified atom stereocenters. The van der Waals surface area contributed by atoms with Crippen LogP contribution in [0.15, 0.2) is 61.1 Å². The van der Waals surface area contributed by atoms with Gasteiger partial charge in [-0.3, -0.25) is 9.78 Å². The molecule has 6 heteroatoms. The smallest absolute Gasteiger partial charge is 0.254 e. The van der Waals surface area contributed by atoms with Crippen LogP contribution in [-0.2, 0) is 0 Å². The Kier molecular flexibility index (Phi) is 6.26. The van der Waals surface area contributed by atoms with Crippen molar-refractivity contribution in [1.82, 2.24) is 14.9 Å². The van der Waals surface area contributed by atoms with Crippen molar-refractivity contribution in [3.05, 3.63) is 78.0 Å². The number of likely N-dealkylation sites (tertiary alicyclic amines) is 1. The first-order valence-electron chi connectivity index (χ1n) is 10.6. The van der Waals surface area contributed by atoms with Crippen molar-refractivity contribution in [3.63, 3.8) is 0 Å². The monoisotopic (exact) mass is 419 g/mol. The van der Waals surface area contributed by atoms with Crippen molar-refractivity contribution in [2.45, 2.75) is 32.7 Å². The van der Waals surface area contributed by atoms with Gasteiger partial charge >= 0.3 is 0 Å². The van der Waals surface area contributed by atoms with Gasteiger partial charge in [0, 0.05) is 48.1 Å². The number of hydrogen-bond donors (Lipinski definition) is 0. The Bertz CT molecular complexity index is 1040. The molecular formula is C25H26FN3O2. The molecule has 5 nitrogen and oxygen atoms in total. The third kappa shape index (κ3) is 4.90. The largest absolute Gasteiger partial charge is 0.477 e. The molecule has 0 radical (unpaired) electrons. The molecule has 0 aliphatic carbocycles. The number of benzene rings is 1. The van der Waals surface area contributed by atoms with Crippen LogP contribution >= 0.6 is 0 Å². The molecule has 0 bridgehead atoms. The van der Waals surface area contributed by atoms with Crippen molar-refractivity contribution in [2.24, 2.45) is 5.92 Å². The van der Waals surface area contributed by atoms with Crippen molar-refractivity contribution in [1.29, 1.82) is 0 Å². The van der Waals surface area contributed by atoms with Gasteiger partial charge in [0.2, 0.25) is 5.88 Å². The molecule has 1 aliphatic heterocycles. The predicted molar refractivity (Wildman–Crippen MR) is 117 cm³/mol. The van der Waals surface area contributed by atoms with Crippen LogP contribution in [-0.4, -0.2) is 40.0 Å². The van der Waals surface area contributed by atoms with Gasteiger partial charge < -0.3 is 9.64 Å². The Morgan fingerprint density at radius 1 is 1.19 bits per heavy atom. The van der Waals surface area contributed by atoms with E-state index in [1.54, 1.807) is 12.4 Å². The number of carbonyl (C=O) groups excluding carboxylic acids is 1. The van der Waals surface area contributed by atoms with Gasteiger partial charge in [-0.15, -0.1) is 0 Å². The molecule has 1 amide bonds. The van der Waals surface area contributed by atoms with Crippen LogP contribution in [0.5, 0.6) is 5.88 Å². The molecule has 2 atom stereocenters. The first kappa shape index (κ1) is 21.0. The lowest BCUT2D eigenvalue weighted by Gasteiger charge is -2.38. The fourth-order valence-electron chi connectivity index (χ4n) is 4.02.